The van der Waals surface area contributed by atoms with E-state index in [2.05, 4.69) is 19.2 Å². The number of fused-ring (bicyclic) bond motifs is 1. The molecule has 0 amide bonds. The average Bonchev–Trinajstić information content (AvgIpc) is 2.97. The Hall–Kier alpha value is -1.12. The monoisotopic (exact) mass is 287 g/mol. The van der Waals surface area contributed by atoms with Crippen LogP contribution in [0.3, 0.4) is 0 Å². The summed E-state index contributed by atoms with van der Waals surface area (Å²) in [6.07, 6.45) is 11.6. The van der Waals surface area contributed by atoms with E-state index in [-0.39, 0.29) is 0 Å². The van der Waals surface area contributed by atoms with Crippen LogP contribution in [0.5, 0.6) is 0 Å². The lowest BCUT2D eigenvalue weighted by Crippen LogP contribution is -2.17. The van der Waals surface area contributed by atoms with Crippen LogP contribution in [0.4, 0.5) is 5.82 Å². The normalized spacial score (nSPS) is 24.9. The third-order valence-electron chi connectivity index (χ3n) is 5.20. The molecular weight excluding hydrogens is 258 g/mol. The summed E-state index contributed by atoms with van der Waals surface area (Å²) >= 11 is 0. The van der Waals surface area contributed by atoms with Gasteiger partial charge in [-0.25, -0.2) is 9.97 Å². The van der Waals surface area contributed by atoms with E-state index in [4.69, 9.17) is 9.97 Å². The van der Waals surface area contributed by atoms with Crippen LogP contribution in [-0.4, -0.2) is 16.5 Å². The Morgan fingerprint density at radius 3 is 2.57 bits per heavy atom. The van der Waals surface area contributed by atoms with Gasteiger partial charge in [0, 0.05) is 23.7 Å². The maximum Gasteiger partial charge on any atom is 0.134 e. The number of rotatable bonds is 5. The topological polar surface area (TPSA) is 37.8 Å². The second-order valence-electron chi connectivity index (χ2n) is 6.75. The van der Waals surface area contributed by atoms with Gasteiger partial charge < -0.3 is 5.32 Å². The highest BCUT2D eigenvalue weighted by molar-refractivity contribution is 5.49. The molecule has 0 unspecified atom stereocenters. The number of nitrogens with zero attached hydrogens (tertiary/aromatic N) is 2. The minimum Gasteiger partial charge on any atom is -0.370 e. The quantitative estimate of drug-likeness (QED) is 0.868. The van der Waals surface area contributed by atoms with Crippen molar-refractivity contribution >= 4 is 5.82 Å². The Balaban J connectivity index is 1.75. The standard InChI is InChI=1S/C18H29N3/c1-3-6-13-9-11-14(12-10-13)17-20-16-8-5-7-15(16)18(21-17)19-4-2/h13-14H,3-12H2,1-2H3,(H,19,20,21). The molecule has 0 atom stereocenters. The largest absolute Gasteiger partial charge is 0.370 e. The Labute approximate surface area is 129 Å². The van der Waals surface area contributed by atoms with Crippen molar-refractivity contribution < 1.29 is 0 Å². The van der Waals surface area contributed by atoms with Gasteiger partial charge in [0.25, 0.3) is 0 Å². The molecule has 1 fully saturated rings. The van der Waals surface area contributed by atoms with Gasteiger partial charge in [-0.05, 0) is 57.8 Å². The Morgan fingerprint density at radius 1 is 1.05 bits per heavy atom. The maximum atomic E-state index is 4.94. The minimum atomic E-state index is 0.599. The van der Waals surface area contributed by atoms with Gasteiger partial charge in [-0.3, -0.25) is 0 Å². The van der Waals surface area contributed by atoms with Crippen LogP contribution >= 0.6 is 0 Å². The van der Waals surface area contributed by atoms with Crippen LogP contribution in [-0.2, 0) is 12.8 Å². The number of hydrogen-bond acceptors (Lipinski definition) is 3. The van der Waals surface area contributed by atoms with Gasteiger partial charge >= 0.3 is 0 Å². The molecule has 3 rings (SSSR count). The molecule has 1 aromatic rings. The van der Waals surface area contributed by atoms with E-state index in [1.165, 1.54) is 56.2 Å². The van der Waals surface area contributed by atoms with Gasteiger partial charge in [-0.2, -0.15) is 0 Å². The van der Waals surface area contributed by atoms with E-state index in [1.54, 1.807) is 0 Å². The molecule has 3 heteroatoms. The molecule has 1 heterocycles. The van der Waals surface area contributed by atoms with Gasteiger partial charge in [-0.15, -0.1) is 0 Å². The first-order valence-electron chi connectivity index (χ1n) is 8.95. The summed E-state index contributed by atoms with van der Waals surface area (Å²) in [6.45, 7) is 5.41. The highest BCUT2D eigenvalue weighted by Crippen LogP contribution is 2.37. The van der Waals surface area contributed by atoms with Crippen molar-refractivity contribution in [3.05, 3.63) is 17.1 Å². The molecule has 2 aliphatic rings. The van der Waals surface area contributed by atoms with E-state index in [1.807, 2.05) is 0 Å². The van der Waals surface area contributed by atoms with Crippen molar-refractivity contribution in [3.63, 3.8) is 0 Å². The number of aryl methyl sites for hydroxylation is 1. The summed E-state index contributed by atoms with van der Waals surface area (Å²) in [5.41, 5.74) is 2.71. The van der Waals surface area contributed by atoms with Crippen molar-refractivity contribution in [1.82, 2.24) is 9.97 Å². The molecule has 116 valence electrons. The average molecular weight is 287 g/mol. The van der Waals surface area contributed by atoms with E-state index in [0.29, 0.717) is 5.92 Å². The Morgan fingerprint density at radius 2 is 1.86 bits per heavy atom. The van der Waals surface area contributed by atoms with Gasteiger partial charge in [0.05, 0.1) is 0 Å². The smallest absolute Gasteiger partial charge is 0.134 e. The fraction of sp³-hybridized carbons (Fsp3) is 0.778. The summed E-state index contributed by atoms with van der Waals surface area (Å²) in [7, 11) is 0. The first-order valence-corrected chi connectivity index (χ1v) is 8.95. The lowest BCUT2D eigenvalue weighted by Gasteiger charge is -2.28. The number of hydrogen-bond donors (Lipinski definition) is 1. The van der Waals surface area contributed by atoms with Crippen molar-refractivity contribution in [2.75, 3.05) is 11.9 Å². The second kappa shape index (κ2) is 6.76. The van der Waals surface area contributed by atoms with Crippen LogP contribution in [0.15, 0.2) is 0 Å². The molecule has 3 nitrogen and oxygen atoms in total. The molecule has 0 bridgehead atoms. The Kier molecular flexibility index (Phi) is 4.77. The van der Waals surface area contributed by atoms with Crippen molar-refractivity contribution in [1.29, 1.82) is 0 Å². The van der Waals surface area contributed by atoms with Gasteiger partial charge in [0.1, 0.15) is 11.6 Å². The van der Waals surface area contributed by atoms with E-state index < -0.39 is 0 Å². The van der Waals surface area contributed by atoms with Gasteiger partial charge in [0.2, 0.25) is 0 Å². The molecule has 0 radical (unpaired) electrons. The fourth-order valence-corrected chi connectivity index (χ4v) is 4.07. The lowest BCUT2D eigenvalue weighted by molar-refractivity contribution is 0.302. The van der Waals surface area contributed by atoms with E-state index in [0.717, 1.165) is 36.9 Å². The summed E-state index contributed by atoms with van der Waals surface area (Å²) in [5.74, 6) is 3.81. The molecule has 21 heavy (non-hydrogen) atoms. The fourth-order valence-electron chi connectivity index (χ4n) is 4.07. The molecule has 1 aromatic heterocycles. The lowest BCUT2D eigenvalue weighted by atomic mass is 9.79. The molecule has 2 aliphatic carbocycles. The van der Waals surface area contributed by atoms with Crippen molar-refractivity contribution in [3.8, 4) is 0 Å². The van der Waals surface area contributed by atoms with E-state index in [9.17, 15) is 0 Å². The molecular formula is C18H29N3. The molecule has 0 saturated heterocycles. The zero-order valence-corrected chi connectivity index (χ0v) is 13.6. The molecule has 1 N–H and O–H groups in total. The van der Waals surface area contributed by atoms with Crippen LogP contribution in [0.1, 0.15) is 81.8 Å². The maximum absolute atomic E-state index is 4.94. The first-order chi connectivity index (χ1) is 10.3. The van der Waals surface area contributed by atoms with Crippen LogP contribution in [0.25, 0.3) is 0 Å². The summed E-state index contributed by atoms with van der Waals surface area (Å²) in [5, 5.41) is 3.47. The van der Waals surface area contributed by atoms with Gasteiger partial charge in [-0.1, -0.05) is 19.8 Å². The van der Waals surface area contributed by atoms with Crippen molar-refractivity contribution in [2.45, 2.75) is 77.6 Å². The predicted molar refractivity (Wildman–Crippen MR) is 87.8 cm³/mol. The number of anilines is 1. The summed E-state index contributed by atoms with van der Waals surface area (Å²) in [4.78, 5) is 9.85. The molecule has 0 aromatic carbocycles. The molecule has 0 aliphatic heterocycles. The second-order valence-corrected chi connectivity index (χ2v) is 6.75. The SMILES string of the molecule is CCCC1CCC(c2nc3c(c(NCC)n2)CCC3)CC1. The highest BCUT2D eigenvalue weighted by Gasteiger charge is 2.26. The van der Waals surface area contributed by atoms with Crippen LogP contribution in [0.2, 0.25) is 0 Å². The third kappa shape index (κ3) is 3.22. The Bertz CT molecular complexity index is 476. The zero-order valence-electron chi connectivity index (χ0n) is 13.6. The predicted octanol–water partition coefficient (Wildman–Crippen LogP) is 4.47. The first kappa shape index (κ1) is 14.8. The summed E-state index contributed by atoms with van der Waals surface area (Å²) < 4.78 is 0. The van der Waals surface area contributed by atoms with Crippen LogP contribution in [0, 0.1) is 5.92 Å². The molecule has 1 saturated carbocycles. The minimum absolute atomic E-state index is 0.599. The number of aromatic nitrogens is 2. The zero-order chi connectivity index (χ0) is 14.7. The van der Waals surface area contributed by atoms with Crippen LogP contribution < -0.4 is 5.32 Å². The highest BCUT2D eigenvalue weighted by atomic mass is 15.0. The van der Waals surface area contributed by atoms with Gasteiger partial charge in [0.15, 0.2) is 0 Å². The van der Waals surface area contributed by atoms with E-state index >= 15 is 0 Å². The van der Waals surface area contributed by atoms with Crippen molar-refractivity contribution in [2.24, 2.45) is 5.92 Å². The summed E-state index contributed by atoms with van der Waals surface area (Å²) in [6, 6.07) is 0. The third-order valence-corrected chi connectivity index (χ3v) is 5.20. The molecule has 0 spiro atoms. The number of nitrogens with one attached hydrogen (secondary N) is 1.